The number of nitrogens with two attached hydrogens (primary N) is 1. The molecule has 0 aromatic carbocycles. The molecule has 11 heteroatoms. The number of nitrogens with zero attached hydrogens (tertiary/aromatic N) is 1. The van der Waals surface area contributed by atoms with Crippen LogP contribution in [0.25, 0.3) is 0 Å². The number of primary amides is 1. The van der Waals surface area contributed by atoms with Crippen molar-refractivity contribution in [1.82, 2.24) is 0 Å². The molecule has 1 fully saturated rings. The van der Waals surface area contributed by atoms with Gasteiger partial charge in [-0.1, -0.05) is 0 Å². The monoisotopic (exact) mass is 372 g/mol. The van der Waals surface area contributed by atoms with Crippen molar-refractivity contribution in [2.45, 2.75) is 24.5 Å². The van der Waals surface area contributed by atoms with E-state index >= 15 is 0 Å². The molecule has 1 saturated heterocycles. The van der Waals surface area contributed by atoms with Crippen molar-refractivity contribution >= 4 is 34.8 Å². The van der Waals surface area contributed by atoms with Crippen LogP contribution in [-0.4, -0.2) is 45.9 Å². The third-order valence-corrected chi connectivity index (χ3v) is 4.18. The smallest absolute Gasteiger partial charge is 0.387 e. The second-order valence-electron chi connectivity index (χ2n) is 4.68. The summed E-state index contributed by atoms with van der Waals surface area (Å²) in [5.41, 5.74) is 5.40. The number of carbonyl (C=O) groups is 1. The van der Waals surface area contributed by atoms with Crippen molar-refractivity contribution in [3.05, 3.63) is 30.1 Å². The molecular weight excluding hydrogens is 358 g/mol. The summed E-state index contributed by atoms with van der Waals surface area (Å²) in [5.74, 6) is -0.638. The average Bonchev–Trinajstić information content (AvgIpc) is 2.72. The van der Waals surface area contributed by atoms with E-state index in [4.69, 9.17) is 37.5 Å². The quantitative estimate of drug-likeness (QED) is 0.420. The van der Waals surface area contributed by atoms with Crippen molar-refractivity contribution in [3.8, 4) is 0 Å². The Morgan fingerprint density at radius 2 is 2.14 bits per heavy atom. The molecule has 1 aromatic rings. The Morgan fingerprint density at radius 1 is 1.45 bits per heavy atom. The van der Waals surface area contributed by atoms with Crippen LogP contribution < -0.4 is 10.3 Å². The number of ether oxygens (including phenoxy) is 1. The second kappa shape index (κ2) is 6.90. The van der Waals surface area contributed by atoms with Crippen molar-refractivity contribution in [2.75, 3.05) is 6.61 Å². The maximum absolute atomic E-state index is 11.2. The zero-order valence-electron chi connectivity index (χ0n) is 11.1. The highest BCUT2D eigenvalue weighted by Gasteiger charge is 2.50. The second-order valence-corrected chi connectivity index (χ2v) is 9.08. The molecule has 0 radical (unpaired) electrons. The normalized spacial score (nSPS) is 28.8. The molecule has 0 spiro atoms. The zero-order valence-corrected chi connectivity index (χ0v) is 13.5. The highest BCUT2D eigenvalue weighted by Crippen LogP contribution is 2.66. The molecule has 1 aliphatic rings. The van der Waals surface area contributed by atoms with Crippen molar-refractivity contribution in [3.63, 3.8) is 0 Å². The average molecular weight is 373 g/mol. The number of aliphatic hydroxyl groups is 2. The maximum Gasteiger partial charge on any atom is 0.475 e. The van der Waals surface area contributed by atoms with E-state index < -0.39 is 36.9 Å². The Morgan fingerprint density at radius 3 is 2.73 bits per heavy atom. The van der Waals surface area contributed by atoms with Crippen molar-refractivity contribution < 1.29 is 33.7 Å². The van der Waals surface area contributed by atoms with Gasteiger partial charge in [0.2, 0.25) is 0 Å². The van der Waals surface area contributed by atoms with Gasteiger partial charge in [-0.15, -0.1) is 0 Å². The molecule has 1 aliphatic heterocycles. The van der Waals surface area contributed by atoms with E-state index in [0.717, 1.165) is 0 Å². The van der Waals surface area contributed by atoms with E-state index in [-0.39, 0.29) is 12.2 Å². The number of carbonyl (C=O) groups excluding carboxylic acids is 1. The van der Waals surface area contributed by atoms with Crippen LogP contribution in [0.1, 0.15) is 16.6 Å². The van der Waals surface area contributed by atoms with Crippen LogP contribution in [0.5, 0.6) is 0 Å². The molecule has 8 nitrogen and oxygen atoms in total. The largest absolute Gasteiger partial charge is 0.475 e. The molecule has 1 unspecified atom stereocenters. The summed E-state index contributed by atoms with van der Waals surface area (Å²) in [7, 11) is 0. The van der Waals surface area contributed by atoms with E-state index in [0.29, 0.717) is 0 Å². The third-order valence-electron chi connectivity index (χ3n) is 3.13. The number of amides is 1. The molecule has 0 saturated carbocycles. The number of hydrogen-bond acceptors (Lipinski definition) is 6. The molecule has 0 bridgehead atoms. The van der Waals surface area contributed by atoms with Crippen molar-refractivity contribution in [2.24, 2.45) is 5.73 Å². The Balaban J connectivity index is 2.12. The fraction of sp³-hybridized carbons (Fsp3) is 0.455. The highest BCUT2D eigenvalue weighted by atomic mass is 35.9. The van der Waals surface area contributed by atoms with E-state index in [1.54, 1.807) is 12.3 Å². The minimum Gasteiger partial charge on any atom is -0.387 e. The first-order valence-corrected chi connectivity index (χ1v) is 9.64. The highest BCUT2D eigenvalue weighted by molar-refractivity contribution is 8.10. The van der Waals surface area contributed by atoms with Crippen LogP contribution in [0.15, 0.2) is 24.5 Å². The van der Waals surface area contributed by atoms with Crippen LogP contribution in [0.4, 0.5) is 0 Å². The number of hydrogen-bond donors (Lipinski definition) is 4. The first-order chi connectivity index (χ1) is 10.2. The first-order valence-electron chi connectivity index (χ1n) is 6.17. The van der Waals surface area contributed by atoms with Gasteiger partial charge >= 0.3 is 6.42 Å². The Labute approximate surface area is 136 Å². The number of aliphatic hydroxyl groups excluding tert-OH is 2. The lowest BCUT2D eigenvalue weighted by atomic mass is 10.1. The first kappa shape index (κ1) is 17.8. The molecule has 0 aliphatic carbocycles. The van der Waals surface area contributed by atoms with Crippen LogP contribution in [0.2, 0.25) is 0 Å². The maximum atomic E-state index is 11.2. The Kier molecular flexibility index (Phi) is 5.58. The molecule has 1 aromatic heterocycles. The fourth-order valence-electron chi connectivity index (χ4n) is 2.07. The van der Waals surface area contributed by atoms with Crippen LogP contribution in [0.3, 0.4) is 0 Å². The van der Waals surface area contributed by atoms with E-state index in [1.807, 2.05) is 0 Å². The van der Waals surface area contributed by atoms with Crippen LogP contribution in [0, 0.1) is 0 Å². The van der Waals surface area contributed by atoms with Gasteiger partial charge < -0.3 is 20.7 Å². The van der Waals surface area contributed by atoms with E-state index in [9.17, 15) is 19.9 Å². The topological polar surface area (TPSA) is 126 Å². The van der Waals surface area contributed by atoms with Gasteiger partial charge in [0.15, 0.2) is 41.0 Å². The minimum atomic E-state index is -3.52. The van der Waals surface area contributed by atoms with Gasteiger partial charge in [-0.2, -0.15) is 14.0 Å². The standard InChI is InChI=1S/C11H14Cl2N2O6P/c12-22(13,19)20-5-7-8(16)9(17)11(21-7)15-3-1-2-6(4-15)10(14)18/h1-4,7-9,11,16-17,19H,5H2,(H-,14,18)/q+1/p+1/t7-,8-,9-,11?/m1/s1. The number of aromatic nitrogens is 1. The Bertz CT molecular complexity index is 558. The van der Waals surface area contributed by atoms with E-state index in [1.165, 1.54) is 16.8 Å². The van der Waals surface area contributed by atoms with Gasteiger partial charge in [-0.05, 0) is 6.07 Å². The molecule has 5 N–H and O–H groups in total. The van der Waals surface area contributed by atoms with Crippen LogP contribution in [-0.2, 0) is 9.26 Å². The van der Waals surface area contributed by atoms with Gasteiger partial charge in [0.25, 0.3) is 12.1 Å². The fourth-order valence-corrected chi connectivity index (χ4v) is 2.74. The predicted octanol–water partition coefficient (Wildman–Crippen LogP) is -0.144. The van der Waals surface area contributed by atoms with Gasteiger partial charge in [-0.25, -0.2) is 0 Å². The molecule has 4 atom stereocenters. The zero-order chi connectivity index (χ0) is 16.5. The predicted molar refractivity (Wildman–Crippen MR) is 77.9 cm³/mol. The summed E-state index contributed by atoms with van der Waals surface area (Å²) in [6, 6.07) is 3.05. The number of halogens is 2. The van der Waals surface area contributed by atoms with Gasteiger partial charge in [0.1, 0.15) is 24.4 Å². The molecular formula is C11H15Cl2N2O6P+2. The molecule has 2 rings (SSSR count). The number of pyridine rings is 1. The summed E-state index contributed by atoms with van der Waals surface area (Å²) in [6.07, 6.45) is -5.06. The summed E-state index contributed by atoms with van der Waals surface area (Å²) >= 11 is 10.7. The third kappa shape index (κ3) is 4.24. The van der Waals surface area contributed by atoms with Crippen molar-refractivity contribution in [1.29, 1.82) is 0 Å². The SMILES string of the molecule is NC(=O)c1ccc[n+](C2O[C@H](CO[P+](O)(Cl)Cl)[C@@H](O)[C@H]2O)c1. The lowest BCUT2D eigenvalue weighted by molar-refractivity contribution is -0.765. The van der Waals surface area contributed by atoms with Crippen LogP contribution >= 0.6 is 28.9 Å². The molecule has 22 heavy (non-hydrogen) atoms. The lowest BCUT2D eigenvalue weighted by Gasteiger charge is -2.11. The van der Waals surface area contributed by atoms with Gasteiger partial charge in [0.05, 0.1) is 0 Å². The van der Waals surface area contributed by atoms with Gasteiger partial charge in [-0.3, -0.25) is 4.79 Å². The summed E-state index contributed by atoms with van der Waals surface area (Å²) in [6.45, 7) is -0.303. The lowest BCUT2D eigenvalue weighted by Crippen LogP contribution is -2.46. The molecule has 122 valence electrons. The van der Waals surface area contributed by atoms with E-state index in [2.05, 4.69) is 0 Å². The molecule has 1 amide bonds. The Hall–Kier alpha value is -0.570. The number of rotatable bonds is 5. The minimum absolute atomic E-state index is 0.217. The molecule has 2 heterocycles. The summed E-state index contributed by atoms with van der Waals surface area (Å²) in [4.78, 5) is 20.3. The summed E-state index contributed by atoms with van der Waals surface area (Å²) in [5, 5.41) is 20.0. The van der Waals surface area contributed by atoms with Gasteiger partial charge in [0, 0.05) is 6.07 Å². The summed E-state index contributed by atoms with van der Waals surface area (Å²) < 4.78 is 11.7.